The van der Waals surface area contributed by atoms with E-state index in [-0.39, 0.29) is 6.10 Å². The predicted octanol–water partition coefficient (Wildman–Crippen LogP) is 2.31. The minimum atomic E-state index is -0.208. The van der Waals surface area contributed by atoms with Gasteiger partial charge in [-0.3, -0.25) is 4.90 Å². The lowest BCUT2D eigenvalue weighted by molar-refractivity contribution is 0.174. The molecule has 1 aromatic carbocycles. The van der Waals surface area contributed by atoms with Gasteiger partial charge in [0, 0.05) is 19.6 Å². The first-order valence-electron chi connectivity index (χ1n) is 6.53. The highest BCUT2D eigenvalue weighted by atomic mass is 35.5. The van der Waals surface area contributed by atoms with Crippen LogP contribution < -0.4 is 9.47 Å². The van der Waals surface area contributed by atoms with Crippen LogP contribution in [0.25, 0.3) is 0 Å². The zero-order chi connectivity index (χ0) is 13.8. The minimum absolute atomic E-state index is 0.208. The van der Waals surface area contributed by atoms with Gasteiger partial charge in [-0.2, -0.15) is 0 Å². The van der Waals surface area contributed by atoms with Crippen molar-refractivity contribution in [3.63, 3.8) is 0 Å². The highest BCUT2D eigenvalue weighted by Crippen LogP contribution is 2.36. The molecule has 19 heavy (non-hydrogen) atoms. The zero-order valence-electron chi connectivity index (χ0n) is 11.4. The molecular formula is C14H20ClNO3. The molecule has 1 aliphatic rings. The third-order valence-corrected chi connectivity index (χ3v) is 3.51. The number of rotatable bonds is 5. The van der Waals surface area contributed by atoms with Crippen LogP contribution in [0.5, 0.6) is 11.5 Å². The molecule has 0 amide bonds. The third kappa shape index (κ3) is 3.53. The van der Waals surface area contributed by atoms with Crippen LogP contribution in [0.15, 0.2) is 12.1 Å². The van der Waals surface area contributed by atoms with Crippen molar-refractivity contribution in [2.24, 2.45) is 0 Å². The van der Waals surface area contributed by atoms with Crippen molar-refractivity contribution in [3.8, 4) is 11.5 Å². The number of halogens is 1. The van der Waals surface area contributed by atoms with Gasteiger partial charge in [0.05, 0.1) is 24.8 Å². The van der Waals surface area contributed by atoms with Crippen LogP contribution >= 0.6 is 11.6 Å². The number of likely N-dealkylation sites (tertiary alicyclic amines) is 1. The second-order valence-electron chi connectivity index (χ2n) is 4.72. The Balaban J connectivity index is 2.15. The summed E-state index contributed by atoms with van der Waals surface area (Å²) in [6, 6.07) is 3.85. The Bertz CT molecular complexity index is 439. The normalized spacial score (nSPS) is 19.7. The molecule has 1 saturated heterocycles. The molecule has 0 spiro atoms. The minimum Gasteiger partial charge on any atom is -0.493 e. The molecule has 0 saturated carbocycles. The summed E-state index contributed by atoms with van der Waals surface area (Å²) in [5.41, 5.74) is 1.07. The van der Waals surface area contributed by atoms with Crippen molar-refractivity contribution >= 4 is 11.6 Å². The Hall–Kier alpha value is -0.970. The van der Waals surface area contributed by atoms with Crippen molar-refractivity contribution in [2.45, 2.75) is 26.0 Å². The van der Waals surface area contributed by atoms with Gasteiger partial charge >= 0.3 is 0 Å². The molecule has 1 N–H and O–H groups in total. The summed E-state index contributed by atoms with van der Waals surface area (Å²) in [6.07, 6.45) is 0.627. The second-order valence-corrected chi connectivity index (χ2v) is 5.13. The van der Waals surface area contributed by atoms with Gasteiger partial charge in [-0.25, -0.2) is 0 Å². The van der Waals surface area contributed by atoms with Crippen LogP contribution in [0.1, 0.15) is 18.9 Å². The van der Waals surface area contributed by atoms with E-state index in [1.807, 2.05) is 19.1 Å². The van der Waals surface area contributed by atoms with Gasteiger partial charge in [0.15, 0.2) is 11.5 Å². The number of hydrogen-bond donors (Lipinski definition) is 1. The zero-order valence-corrected chi connectivity index (χ0v) is 12.1. The van der Waals surface area contributed by atoms with Crippen molar-refractivity contribution in [2.75, 3.05) is 26.8 Å². The second kappa shape index (κ2) is 6.46. The monoisotopic (exact) mass is 285 g/mol. The van der Waals surface area contributed by atoms with Gasteiger partial charge in [0.25, 0.3) is 0 Å². The van der Waals surface area contributed by atoms with E-state index >= 15 is 0 Å². The topological polar surface area (TPSA) is 41.9 Å². The fourth-order valence-electron chi connectivity index (χ4n) is 2.36. The molecule has 0 aliphatic carbocycles. The van der Waals surface area contributed by atoms with E-state index in [9.17, 15) is 5.11 Å². The fourth-order valence-corrected chi connectivity index (χ4v) is 2.65. The van der Waals surface area contributed by atoms with Crippen molar-refractivity contribution < 1.29 is 14.6 Å². The predicted molar refractivity (Wildman–Crippen MR) is 75.1 cm³/mol. The maximum Gasteiger partial charge on any atom is 0.179 e. The number of β-amino-alcohol motifs (C(OH)–C–C–N with tert-alkyl or cyclic N) is 1. The van der Waals surface area contributed by atoms with Gasteiger partial charge in [-0.05, 0) is 31.0 Å². The molecule has 0 radical (unpaired) electrons. The van der Waals surface area contributed by atoms with E-state index in [1.165, 1.54) is 0 Å². The molecule has 1 fully saturated rings. The first kappa shape index (κ1) is 14.4. The summed E-state index contributed by atoms with van der Waals surface area (Å²) >= 11 is 6.23. The molecular weight excluding hydrogens is 266 g/mol. The lowest BCUT2D eigenvalue weighted by Crippen LogP contribution is -2.21. The average molecular weight is 286 g/mol. The Kier molecular flexibility index (Phi) is 4.91. The van der Waals surface area contributed by atoms with Crippen LogP contribution in [0.3, 0.4) is 0 Å². The molecule has 1 aliphatic heterocycles. The highest BCUT2D eigenvalue weighted by molar-refractivity contribution is 6.32. The van der Waals surface area contributed by atoms with Crippen molar-refractivity contribution in [3.05, 3.63) is 22.7 Å². The van der Waals surface area contributed by atoms with E-state index in [0.717, 1.165) is 25.1 Å². The summed E-state index contributed by atoms with van der Waals surface area (Å²) in [7, 11) is 1.61. The Morgan fingerprint density at radius 3 is 2.84 bits per heavy atom. The molecule has 2 rings (SSSR count). The first-order chi connectivity index (χ1) is 9.13. The largest absolute Gasteiger partial charge is 0.493 e. The molecule has 5 heteroatoms. The summed E-state index contributed by atoms with van der Waals surface area (Å²) in [5.74, 6) is 1.25. The maximum absolute atomic E-state index is 9.53. The molecule has 1 atom stereocenters. The van der Waals surface area contributed by atoms with E-state index in [2.05, 4.69) is 4.90 Å². The molecule has 0 unspecified atom stereocenters. The summed E-state index contributed by atoms with van der Waals surface area (Å²) in [6.45, 7) is 4.85. The van der Waals surface area contributed by atoms with E-state index in [1.54, 1.807) is 7.11 Å². The average Bonchev–Trinajstić information content (AvgIpc) is 2.78. The summed E-state index contributed by atoms with van der Waals surface area (Å²) in [4.78, 5) is 2.20. The molecule has 0 aromatic heterocycles. The number of methoxy groups -OCH3 is 1. The fraction of sp³-hybridized carbons (Fsp3) is 0.571. The highest BCUT2D eigenvalue weighted by Gasteiger charge is 2.21. The number of aliphatic hydroxyl groups is 1. The summed E-state index contributed by atoms with van der Waals surface area (Å²) < 4.78 is 10.8. The van der Waals surface area contributed by atoms with Crippen molar-refractivity contribution in [1.82, 2.24) is 4.90 Å². The molecule has 1 heterocycles. The van der Waals surface area contributed by atoms with Gasteiger partial charge in [-0.15, -0.1) is 0 Å². The molecule has 4 nitrogen and oxygen atoms in total. The number of ether oxygens (including phenoxy) is 2. The van der Waals surface area contributed by atoms with Crippen LogP contribution in [0.4, 0.5) is 0 Å². The number of nitrogens with zero attached hydrogens (tertiary/aromatic N) is 1. The van der Waals surface area contributed by atoms with Gasteiger partial charge in [0.1, 0.15) is 0 Å². The maximum atomic E-state index is 9.53. The van der Waals surface area contributed by atoms with Crippen LogP contribution in [-0.2, 0) is 6.54 Å². The molecule has 0 bridgehead atoms. The van der Waals surface area contributed by atoms with E-state index in [4.69, 9.17) is 21.1 Å². The van der Waals surface area contributed by atoms with Gasteiger partial charge in [-0.1, -0.05) is 11.6 Å². The van der Waals surface area contributed by atoms with Gasteiger partial charge < -0.3 is 14.6 Å². The van der Waals surface area contributed by atoms with Crippen LogP contribution in [0.2, 0.25) is 5.02 Å². The number of hydrogen-bond acceptors (Lipinski definition) is 4. The van der Waals surface area contributed by atoms with E-state index < -0.39 is 0 Å². The third-order valence-electron chi connectivity index (χ3n) is 3.23. The quantitative estimate of drug-likeness (QED) is 0.901. The first-order valence-corrected chi connectivity index (χ1v) is 6.91. The Morgan fingerprint density at radius 1 is 1.47 bits per heavy atom. The smallest absolute Gasteiger partial charge is 0.179 e. The SMILES string of the molecule is CCOc1c(Cl)cc(CN2CC[C@@H](O)C2)cc1OC. The number of benzene rings is 1. The van der Waals surface area contributed by atoms with Crippen LogP contribution in [0, 0.1) is 0 Å². The molecule has 1 aromatic rings. The summed E-state index contributed by atoms with van der Waals surface area (Å²) in [5, 5.41) is 10.1. The Morgan fingerprint density at radius 2 is 2.26 bits per heavy atom. The van der Waals surface area contributed by atoms with E-state index in [0.29, 0.717) is 29.7 Å². The van der Waals surface area contributed by atoms with Gasteiger partial charge in [0.2, 0.25) is 0 Å². The van der Waals surface area contributed by atoms with Crippen LogP contribution in [-0.4, -0.2) is 42.9 Å². The molecule has 106 valence electrons. The lowest BCUT2D eigenvalue weighted by Gasteiger charge is -2.17. The number of aliphatic hydroxyl groups excluding tert-OH is 1. The standard InChI is InChI=1S/C14H20ClNO3/c1-3-19-14-12(15)6-10(7-13(14)18-2)8-16-5-4-11(17)9-16/h6-7,11,17H,3-5,8-9H2,1-2H3/t11-/m1/s1. The lowest BCUT2D eigenvalue weighted by atomic mass is 10.2. The Labute approximate surface area is 118 Å². The van der Waals surface area contributed by atoms with Crippen molar-refractivity contribution in [1.29, 1.82) is 0 Å².